The number of rotatable bonds is 6. The summed E-state index contributed by atoms with van der Waals surface area (Å²) in [6, 6.07) is 7.71. The van der Waals surface area contributed by atoms with Crippen LogP contribution in [0.15, 0.2) is 29.2 Å². The Morgan fingerprint density at radius 1 is 1.31 bits per heavy atom. The third kappa shape index (κ3) is 5.66. The molecule has 0 aromatic heterocycles. The summed E-state index contributed by atoms with van der Waals surface area (Å²) in [7, 11) is -5.41. The van der Waals surface area contributed by atoms with Gasteiger partial charge in [-0.1, -0.05) is 29.5 Å². The summed E-state index contributed by atoms with van der Waals surface area (Å²) >= 11 is 1.32. The molecule has 0 bridgehead atoms. The van der Waals surface area contributed by atoms with Gasteiger partial charge in [0.25, 0.3) is 0 Å². The first-order valence-corrected chi connectivity index (χ1v) is 7.43. The van der Waals surface area contributed by atoms with Gasteiger partial charge in [-0.15, -0.1) is 9.42 Å². The number of thioether (sulfide) groups is 1. The predicted octanol–water partition coefficient (Wildman–Crippen LogP) is 3.38. The Morgan fingerprint density at radius 2 is 1.94 bits per heavy atom. The topological polar surface area (TPSA) is 72.8 Å². The molecular weight excluding hydrogens is 270 g/mol. The molecule has 1 aromatic carbocycles. The lowest BCUT2D eigenvalue weighted by molar-refractivity contribution is 0.322. The van der Waals surface area contributed by atoms with Crippen molar-refractivity contribution in [3.05, 3.63) is 29.8 Å². The zero-order valence-electron chi connectivity index (χ0n) is 8.40. The average Bonchev–Trinajstić information content (AvgIpc) is 2.20. The first kappa shape index (κ1) is 13.7. The van der Waals surface area contributed by atoms with Crippen molar-refractivity contribution in [2.75, 3.05) is 5.94 Å². The third-order valence-electron chi connectivity index (χ3n) is 1.54. The highest BCUT2D eigenvalue weighted by atomic mass is 32.2. The normalized spacial score (nSPS) is 12.4. The maximum atomic E-state index is 10.8. The first-order valence-electron chi connectivity index (χ1n) is 4.22. The number of hydrogen-bond donors (Lipinski definition) is 1. The summed E-state index contributed by atoms with van der Waals surface area (Å²) < 4.78 is 29.7. The molecule has 2 atom stereocenters. The van der Waals surface area contributed by atoms with E-state index >= 15 is 0 Å². The van der Waals surface area contributed by atoms with Crippen LogP contribution in [0.3, 0.4) is 0 Å². The van der Waals surface area contributed by atoms with Gasteiger partial charge in [0.15, 0.2) is 10.2 Å². The molecule has 1 aromatic rings. The van der Waals surface area contributed by atoms with Crippen LogP contribution in [-0.4, -0.2) is 10.8 Å². The second-order valence-electron chi connectivity index (χ2n) is 2.75. The maximum absolute atomic E-state index is 10.8. The Labute approximate surface area is 99.1 Å². The van der Waals surface area contributed by atoms with Crippen molar-refractivity contribution in [3.8, 4) is 0 Å². The Balaban J connectivity index is 2.28. The van der Waals surface area contributed by atoms with Gasteiger partial charge < -0.3 is 0 Å². The van der Waals surface area contributed by atoms with E-state index in [1.54, 1.807) is 0 Å². The van der Waals surface area contributed by atoms with Crippen molar-refractivity contribution >= 4 is 28.3 Å². The van der Waals surface area contributed by atoms with Gasteiger partial charge >= 0.3 is 16.5 Å². The van der Waals surface area contributed by atoms with E-state index in [0.29, 0.717) is 0 Å². The van der Waals surface area contributed by atoms with Crippen LogP contribution in [0.5, 0.6) is 0 Å². The second kappa shape index (κ2) is 7.07. The molecule has 8 heteroatoms. The van der Waals surface area contributed by atoms with Crippen molar-refractivity contribution in [1.29, 1.82) is 0 Å². The molecule has 86 valence electrons. The predicted molar refractivity (Wildman–Crippen MR) is 61.5 cm³/mol. The van der Waals surface area contributed by atoms with Gasteiger partial charge in [-0.25, -0.2) is 0 Å². The molecule has 0 saturated carbocycles. The van der Waals surface area contributed by atoms with E-state index in [0.717, 1.165) is 10.5 Å². The van der Waals surface area contributed by atoms with Gasteiger partial charge in [0.05, 0.1) is 0 Å². The molecule has 0 radical (unpaired) electrons. The van der Waals surface area contributed by atoms with Gasteiger partial charge in [-0.2, -0.15) is 0 Å². The van der Waals surface area contributed by atoms with Crippen LogP contribution < -0.4 is 0 Å². The SMILES string of the molecule is Cc1ccc(SCO[P+](=O)O[P+](=O)O)cc1. The van der Waals surface area contributed by atoms with E-state index in [1.165, 1.54) is 11.8 Å². The van der Waals surface area contributed by atoms with E-state index < -0.39 is 16.5 Å². The van der Waals surface area contributed by atoms with Crippen LogP contribution in [0.4, 0.5) is 0 Å². The molecule has 0 saturated heterocycles. The smallest absolute Gasteiger partial charge is 0.131 e. The summed E-state index contributed by atoms with van der Waals surface area (Å²) in [4.78, 5) is 9.25. The Hall–Kier alpha value is -0.350. The van der Waals surface area contributed by atoms with Crippen molar-refractivity contribution in [1.82, 2.24) is 0 Å². The number of benzene rings is 1. The summed E-state index contributed by atoms with van der Waals surface area (Å²) in [5.74, 6) is 0.0986. The van der Waals surface area contributed by atoms with E-state index in [4.69, 9.17) is 9.42 Å². The monoisotopic (exact) mass is 280 g/mol. The largest absolute Gasteiger partial charge is 0.748 e. The standard InChI is InChI=1S/C8H9O5P2S/c1-7-2-4-8(5-3-7)16-6-12-15(11)13-14(9)10/h2-5H,6H2,1H3/q+1/p+1. The maximum Gasteiger partial charge on any atom is 0.748 e. The fraction of sp³-hybridized carbons (Fsp3) is 0.250. The van der Waals surface area contributed by atoms with Crippen LogP contribution in [0.1, 0.15) is 5.56 Å². The molecule has 16 heavy (non-hydrogen) atoms. The second-order valence-corrected chi connectivity index (χ2v) is 5.58. The fourth-order valence-electron chi connectivity index (χ4n) is 0.853. The van der Waals surface area contributed by atoms with Crippen LogP contribution in [0, 0.1) is 6.92 Å². The molecule has 0 aliphatic heterocycles. The molecule has 0 aliphatic rings. The lowest BCUT2D eigenvalue weighted by Crippen LogP contribution is -1.81. The quantitative estimate of drug-likeness (QED) is 0.489. The van der Waals surface area contributed by atoms with Gasteiger partial charge in [-0.3, -0.25) is 0 Å². The van der Waals surface area contributed by atoms with Crippen LogP contribution in [0.2, 0.25) is 0 Å². The van der Waals surface area contributed by atoms with Crippen LogP contribution >= 0.6 is 28.3 Å². The van der Waals surface area contributed by atoms with Gasteiger partial charge in [-0.05, 0) is 19.1 Å². The minimum Gasteiger partial charge on any atom is -0.131 e. The highest BCUT2D eigenvalue weighted by molar-refractivity contribution is 7.99. The zero-order chi connectivity index (χ0) is 12.0. The van der Waals surface area contributed by atoms with Gasteiger partial charge in [0.2, 0.25) is 0 Å². The van der Waals surface area contributed by atoms with E-state index in [9.17, 15) is 9.13 Å². The summed E-state index contributed by atoms with van der Waals surface area (Å²) in [6.07, 6.45) is 0. The first-order chi connectivity index (χ1) is 7.58. The van der Waals surface area contributed by atoms with Crippen molar-refractivity contribution < 1.29 is 22.9 Å². The fourth-order valence-corrected chi connectivity index (χ4v) is 2.52. The Kier molecular flexibility index (Phi) is 6.06. The molecule has 1 N–H and O–H groups in total. The Bertz CT molecular complexity index is 381. The minimum absolute atomic E-state index is 0.0986. The number of aryl methyl sites for hydroxylation is 1. The van der Waals surface area contributed by atoms with Crippen molar-refractivity contribution in [2.24, 2.45) is 0 Å². The van der Waals surface area contributed by atoms with Crippen LogP contribution in [0.25, 0.3) is 0 Å². The van der Waals surface area contributed by atoms with E-state index in [-0.39, 0.29) is 5.94 Å². The Morgan fingerprint density at radius 3 is 2.50 bits per heavy atom. The summed E-state index contributed by atoms with van der Waals surface area (Å²) in [5, 5.41) is 0. The lowest BCUT2D eigenvalue weighted by atomic mass is 10.2. The molecule has 0 aliphatic carbocycles. The third-order valence-corrected chi connectivity index (χ3v) is 3.99. The van der Waals surface area contributed by atoms with Gasteiger partial charge in [0, 0.05) is 14.0 Å². The van der Waals surface area contributed by atoms with Crippen molar-refractivity contribution in [2.45, 2.75) is 11.8 Å². The molecule has 0 spiro atoms. The molecule has 2 unspecified atom stereocenters. The summed E-state index contributed by atoms with van der Waals surface area (Å²) in [6.45, 7) is 1.98. The van der Waals surface area contributed by atoms with E-state index in [2.05, 4.69) is 4.31 Å². The highest BCUT2D eigenvalue weighted by Crippen LogP contribution is 2.37. The average molecular weight is 280 g/mol. The minimum atomic E-state index is -2.88. The summed E-state index contributed by atoms with van der Waals surface area (Å²) in [5.41, 5.74) is 1.15. The molecular formula is C8H10O5P2S+2. The van der Waals surface area contributed by atoms with Crippen LogP contribution in [-0.2, 0) is 18.0 Å². The molecule has 0 heterocycles. The molecule has 1 rings (SSSR count). The van der Waals surface area contributed by atoms with Crippen molar-refractivity contribution in [3.63, 3.8) is 0 Å². The number of hydrogen-bond acceptors (Lipinski definition) is 5. The van der Waals surface area contributed by atoms with E-state index in [1.807, 2.05) is 31.2 Å². The highest BCUT2D eigenvalue weighted by Gasteiger charge is 2.36. The zero-order valence-corrected chi connectivity index (χ0v) is 11.0. The molecule has 0 fully saturated rings. The molecule has 0 amide bonds. The molecule has 5 nitrogen and oxygen atoms in total. The van der Waals surface area contributed by atoms with Gasteiger partial charge in [0.1, 0.15) is 0 Å². The lowest BCUT2D eigenvalue weighted by Gasteiger charge is -1.96.